The maximum absolute atomic E-state index is 11.9. The first kappa shape index (κ1) is 16.0. The zero-order chi connectivity index (χ0) is 17.0. The van der Waals surface area contributed by atoms with Gasteiger partial charge in [0, 0.05) is 0 Å². The number of urea groups is 1. The topological polar surface area (TPSA) is 143 Å². The number of nitrogens with one attached hydrogen (secondary N) is 2. The molecule has 1 heterocycles. The molecule has 1 aromatic carbocycles. The van der Waals surface area contributed by atoms with Crippen LogP contribution in [-0.4, -0.2) is 26.4 Å². The lowest BCUT2D eigenvalue weighted by atomic mass is 10.2. The normalized spacial score (nSPS) is 11.3. The molecule has 23 heavy (non-hydrogen) atoms. The Morgan fingerprint density at radius 2 is 2.00 bits per heavy atom. The molecule has 9 nitrogen and oxygen atoms in total. The van der Waals surface area contributed by atoms with Gasteiger partial charge in [-0.25, -0.2) is 15.0 Å². The summed E-state index contributed by atoms with van der Waals surface area (Å²) in [5, 5.41) is 13.9. The molecule has 0 aliphatic rings. The molecule has 1 aromatic heterocycles. The lowest BCUT2D eigenvalue weighted by molar-refractivity contribution is 0.249. The first-order valence-electron chi connectivity index (χ1n) is 6.60. The van der Waals surface area contributed by atoms with E-state index in [4.69, 9.17) is 5.73 Å². The van der Waals surface area contributed by atoms with Gasteiger partial charge in [-0.05, 0) is 12.5 Å². The van der Waals surface area contributed by atoms with Crippen molar-refractivity contribution >= 4 is 11.7 Å². The van der Waals surface area contributed by atoms with Crippen LogP contribution >= 0.6 is 0 Å². The van der Waals surface area contributed by atoms with Gasteiger partial charge in [-0.2, -0.15) is 5.10 Å². The average Bonchev–Trinajstić information content (AvgIpc) is 2.50. The third-order valence-electron chi connectivity index (χ3n) is 3.05. The third-order valence-corrected chi connectivity index (χ3v) is 3.05. The molecule has 2 amide bonds. The number of carbonyl (C=O) groups excluding carboxylic acids is 1. The maximum Gasteiger partial charge on any atom is 0.332 e. The van der Waals surface area contributed by atoms with Crippen LogP contribution in [0.5, 0.6) is 5.88 Å². The average molecular weight is 317 g/mol. The number of aromatic hydroxyl groups is 1. The second-order valence-electron chi connectivity index (χ2n) is 4.70. The van der Waals surface area contributed by atoms with E-state index < -0.39 is 23.2 Å². The summed E-state index contributed by atoms with van der Waals surface area (Å²) in [5.74, 6) is -0.546. The molecule has 0 saturated carbocycles. The summed E-state index contributed by atoms with van der Waals surface area (Å²) in [6, 6.07) is 8.01. The molecule has 0 fully saturated rings. The molecule has 0 bridgehead atoms. The predicted molar refractivity (Wildman–Crippen MR) is 83.5 cm³/mol. The molecule has 2 aromatic rings. The Balaban J connectivity index is 2.51. The number of nitrogens with two attached hydrogens (primary N) is 1. The highest BCUT2D eigenvalue weighted by atomic mass is 16.3. The maximum atomic E-state index is 11.9. The standard InChI is InChI=1S/C14H15N5O4/c1-8(17-18-13(15)22)10-11(20)16-14(23)19(12(10)21)7-9-5-3-2-4-6-9/h2-6,21H,7H2,1H3,(H3,15,18,22)(H,16,20,23). The van der Waals surface area contributed by atoms with Crippen LogP contribution in [0.1, 0.15) is 18.1 Å². The highest BCUT2D eigenvalue weighted by molar-refractivity contribution is 6.00. The SMILES string of the molecule is CC(=NNC(N)=O)c1c(O)n(Cc2ccccc2)c(=O)[nH]c1=O. The molecule has 0 aliphatic carbocycles. The molecule has 120 valence electrons. The molecule has 0 aliphatic heterocycles. The van der Waals surface area contributed by atoms with Crippen molar-refractivity contribution in [2.45, 2.75) is 13.5 Å². The number of benzene rings is 1. The van der Waals surface area contributed by atoms with Crippen LogP contribution in [0.15, 0.2) is 45.0 Å². The number of hydrogen-bond donors (Lipinski definition) is 4. The van der Waals surface area contributed by atoms with Crippen LogP contribution in [0, 0.1) is 0 Å². The fourth-order valence-corrected chi connectivity index (χ4v) is 1.99. The van der Waals surface area contributed by atoms with E-state index in [0.717, 1.165) is 10.1 Å². The molecule has 0 atom stereocenters. The molecular weight excluding hydrogens is 302 g/mol. The van der Waals surface area contributed by atoms with Crippen LogP contribution in [0.4, 0.5) is 4.79 Å². The molecule has 0 saturated heterocycles. The Morgan fingerprint density at radius 1 is 1.35 bits per heavy atom. The van der Waals surface area contributed by atoms with Crippen LogP contribution in [0.25, 0.3) is 0 Å². The molecule has 0 spiro atoms. The molecule has 9 heteroatoms. The number of hydrogen-bond acceptors (Lipinski definition) is 5. The van der Waals surface area contributed by atoms with Gasteiger partial charge in [0.25, 0.3) is 5.56 Å². The van der Waals surface area contributed by atoms with E-state index in [0.29, 0.717) is 0 Å². The molecule has 5 N–H and O–H groups in total. The first-order chi connectivity index (χ1) is 10.9. The number of aromatic amines is 1. The van der Waals surface area contributed by atoms with Gasteiger partial charge in [-0.1, -0.05) is 30.3 Å². The summed E-state index contributed by atoms with van der Waals surface area (Å²) < 4.78 is 0.995. The summed E-state index contributed by atoms with van der Waals surface area (Å²) in [6.45, 7) is 1.45. The zero-order valence-corrected chi connectivity index (χ0v) is 12.2. The van der Waals surface area contributed by atoms with Crippen LogP contribution in [-0.2, 0) is 6.54 Å². The smallest absolute Gasteiger partial charge is 0.332 e. The van der Waals surface area contributed by atoms with Crippen molar-refractivity contribution in [3.05, 3.63) is 62.3 Å². The highest BCUT2D eigenvalue weighted by Gasteiger charge is 2.17. The van der Waals surface area contributed by atoms with Gasteiger partial charge in [0.05, 0.1) is 12.3 Å². The second-order valence-corrected chi connectivity index (χ2v) is 4.70. The number of hydrazone groups is 1. The van der Waals surface area contributed by atoms with E-state index >= 15 is 0 Å². The minimum Gasteiger partial charge on any atom is -0.494 e. The number of carbonyl (C=O) groups is 1. The zero-order valence-electron chi connectivity index (χ0n) is 12.2. The first-order valence-corrected chi connectivity index (χ1v) is 6.60. The number of rotatable bonds is 4. The number of primary amides is 1. The van der Waals surface area contributed by atoms with Crippen molar-refractivity contribution in [2.75, 3.05) is 0 Å². The Kier molecular flexibility index (Phi) is 4.60. The van der Waals surface area contributed by atoms with Crippen molar-refractivity contribution in [3.8, 4) is 5.88 Å². The van der Waals surface area contributed by atoms with Gasteiger partial charge in [0.1, 0.15) is 5.56 Å². The van der Waals surface area contributed by atoms with Crippen LogP contribution in [0.3, 0.4) is 0 Å². The van der Waals surface area contributed by atoms with Crippen molar-refractivity contribution < 1.29 is 9.90 Å². The summed E-state index contributed by atoms with van der Waals surface area (Å²) in [4.78, 5) is 36.6. The van der Waals surface area contributed by atoms with Gasteiger partial charge < -0.3 is 10.8 Å². The number of aromatic nitrogens is 2. The lowest BCUT2D eigenvalue weighted by Gasteiger charge is -2.11. The molecule has 0 radical (unpaired) electrons. The van der Waals surface area contributed by atoms with Gasteiger partial charge in [0.15, 0.2) is 0 Å². The number of nitrogens with zero attached hydrogens (tertiary/aromatic N) is 2. The van der Waals surface area contributed by atoms with Crippen molar-refractivity contribution in [1.29, 1.82) is 0 Å². The van der Waals surface area contributed by atoms with E-state index in [1.165, 1.54) is 6.92 Å². The second kappa shape index (κ2) is 6.60. The predicted octanol–water partition coefficient (Wildman–Crippen LogP) is -0.317. The lowest BCUT2D eigenvalue weighted by Crippen LogP contribution is -2.34. The Hall–Kier alpha value is -3.36. The number of amides is 2. The monoisotopic (exact) mass is 317 g/mol. The largest absolute Gasteiger partial charge is 0.494 e. The van der Waals surface area contributed by atoms with E-state index in [2.05, 4.69) is 10.1 Å². The Labute approximate surface area is 130 Å². The Bertz CT molecular complexity index is 867. The molecule has 2 rings (SSSR count). The van der Waals surface area contributed by atoms with E-state index in [9.17, 15) is 19.5 Å². The highest BCUT2D eigenvalue weighted by Crippen LogP contribution is 2.13. The fourth-order valence-electron chi connectivity index (χ4n) is 1.99. The fraction of sp³-hybridized carbons (Fsp3) is 0.143. The van der Waals surface area contributed by atoms with Crippen LogP contribution in [0.2, 0.25) is 0 Å². The summed E-state index contributed by atoms with van der Waals surface area (Å²) in [5.41, 5.74) is 5.81. The summed E-state index contributed by atoms with van der Waals surface area (Å²) in [7, 11) is 0. The van der Waals surface area contributed by atoms with Crippen LogP contribution < -0.4 is 22.4 Å². The van der Waals surface area contributed by atoms with E-state index in [1.54, 1.807) is 24.3 Å². The van der Waals surface area contributed by atoms with Gasteiger partial charge in [0.2, 0.25) is 5.88 Å². The van der Waals surface area contributed by atoms with Gasteiger partial charge in [-0.3, -0.25) is 14.3 Å². The van der Waals surface area contributed by atoms with Crippen molar-refractivity contribution in [3.63, 3.8) is 0 Å². The van der Waals surface area contributed by atoms with E-state index in [-0.39, 0.29) is 17.8 Å². The van der Waals surface area contributed by atoms with E-state index in [1.807, 2.05) is 11.5 Å². The van der Waals surface area contributed by atoms with Crippen molar-refractivity contribution in [2.24, 2.45) is 10.8 Å². The number of H-pyrrole nitrogens is 1. The van der Waals surface area contributed by atoms with Gasteiger partial charge in [-0.15, -0.1) is 0 Å². The summed E-state index contributed by atoms with van der Waals surface area (Å²) in [6.07, 6.45) is 0. The van der Waals surface area contributed by atoms with Crippen molar-refractivity contribution in [1.82, 2.24) is 15.0 Å². The minimum atomic E-state index is -0.919. The minimum absolute atomic E-state index is 0.00404. The van der Waals surface area contributed by atoms with Gasteiger partial charge >= 0.3 is 11.7 Å². The molecular formula is C14H15N5O4. The molecule has 0 unspecified atom stereocenters. The third kappa shape index (κ3) is 3.64. The summed E-state index contributed by atoms with van der Waals surface area (Å²) >= 11 is 0. The quantitative estimate of drug-likeness (QED) is 0.453. The Morgan fingerprint density at radius 3 is 2.61 bits per heavy atom.